The molecule has 0 amide bonds. The molecule has 0 spiro atoms. The van der Waals surface area contributed by atoms with Crippen LogP contribution in [0.15, 0.2) is 24.3 Å². The Morgan fingerprint density at radius 2 is 1.48 bits per heavy atom. The minimum Gasteiger partial charge on any atom is -0.118 e. The predicted octanol–water partition coefficient (Wildman–Crippen LogP) is 7.40. The zero-order chi connectivity index (χ0) is 15.7. The maximum atomic E-state index is 6.55. The Morgan fingerprint density at radius 1 is 0.905 bits per heavy atom. The molecule has 0 bridgehead atoms. The van der Waals surface area contributed by atoms with Crippen LogP contribution in [0.5, 0.6) is 0 Å². The van der Waals surface area contributed by atoms with Crippen LogP contribution in [0, 0.1) is 0 Å². The van der Waals surface area contributed by atoms with Gasteiger partial charge in [-0.1, -0.05) is 90.5 Å². The van der Waals surface area contributed by atoms with Gasteiger partial charge >= 0.3 is 0 Å². The third-order valence-electron chi connectivity index (χ3n) is 4.75. The van der Waals surface area contributed by atoms with E-state index in [1.54, 1.807) is 0 Å². The van der Waals surface area contributed by atoms with Crippen molar-refractivity contribution in [2.24, 2.45) is 0 Å². The van der Waals surface area contributed by atoms with Crippen LogP contribution < -0.4 is 0 Å². The van der Waals surface area contributed by atoms with E-state index in [9.17, 15) is 0 Å². The van der Waals surface area contributed by atoms with Gasteiger partial charge in [0.2, 0.25) is 0 Å². The summed E-state index contributed by atoms with van der Waals surface area (Å²) < 4.78 is 0. The molecule has 0 aliphatic heterocycles. The molecule has 0 saturated carbocycles. The van der Waals surface area contributed by atoms with E-state index in [0.717, 1.165) is 12.8 Å². The Balaban J connectivity index is 2.39. The van der Waals surface area contributed by atoms with Crippen molar-refractivity contribution in [2.75, 3.05) is 0 Å². The molecule has 0 heterocycles. The molecule has 1 heteroatoms. The molecule has 21 heavy (non-hydrogen) atoms. The Bertz CT molecular complexity index is 377. The van der Waals surface area contributed by atoms with Crippen molar-refractivity contribution >= 4 is 11.6 Å². The van der Waals surface area contributed by atoms with Gasteiger partial charge in [0.25, 0.3) is 0 Å². The predicted molar refractivity (Wildman–Crippen MR) is 96.3 cm³/mol. The van der Waals surface area contributed by atoms with E-state index in [1.807, 2.05) is 0 Å². The molecule has 0 nitrogen and oxygen atoms in total. The van der Waals surface area contributed by atoms with Gasteiger partial charge in [-0.3, -0.25) is 0 Å². The van der Waals surface area contributed by atoms with Gasteiger partial charge in [-0.05, 0) is 29.4 Å². The van der Waals surface area contributed by atoms with E-state index >= 15 is 0 Å². The Labute approximate surface area is 137 Å². The van der Waals surface area contributed by atoms with Gasteiger partial charge in [0.1, 0.15) is 0 Å². The molecule has 120 valence electrons. The first-order valence-electron chi connectivity index (χ1n) is 8.75. The number of halogens is 1. The summed E-state index contributed by atoms with van der Waals surface area (Å²) in [5.74, 6) is 0. The molecule has 1 rings (SSSR count). The largest absolute Gasteiger partial charge is 0.118 e. The second-order valence-corrected chi connectivity index (χ2v) is 7.41. The molecule has 0 fully saturated rings. The Kier molecular flexibility index (Phi) is 8.41. The van der Waals surface area contributed by atoms with Crippen LogP contribution in [0.2, 0.25) is 0 Å². The molecule has 1 atom stereocenters. The molecule has 0 radical (unpaired) electrons. The van der Waals surface area contributed by atoms with Crippen molar-refractivity contribution in [2.45, 2.75) is 89.9 Å². The number of hydrogen-bond acceptors (Lipinski definition) is 0. The summed E-state index contributed by atoms with van der Waals surface area (Å²) in [5.41, 5.74) is 2.96. The average Bonchev–Trinajstić information content (AvgIpc) is 2.50. The molecular formula is C20H33Cl. The lowest BCUT2D eigenvalue weighted by atomic mass is 9.82. The van der Waals surface area contributed by atoms with Gasteiger partial charge in [0, 0.05) is 0 Å². The number of rotatable bonds is 10. The lowest BCUT2D eigenvalue weighted by Crippen LogP contribution is -2.15. The molecular weight excluding hydrogens is 276 g/mol. The monoisotopic (exact) mass is 308 g/mol. The lowest BCUT2D eigenvalue weighted by Gasteiger charge is -2.23. The fourth-order valence-electron chi connectivity index (χ4n) is 2.62. The highest BCUT2D eigenvalue weighted by atomic mass is 35.5. The highest BCUT2D eigenvalue weighted by Gasteiger charge is 2.18. The zero-order valence-electron chi connectivity index (χ0n) is 14.4. The first kappa shape index (κ1) is 18.6. The maximum Gasteiger partial charge on any atom is 0.0585 e. The summed E-state index contributed by atoms with van der Waals surface area (Å²) in [6.45, 7) is 9.11. The van der Waals surface area contributed by atoms with Crippen LogP contribution in [-0.2, 0) is 5.41 Å². The summed E-state index contributed by atoms with van der Waals surface area (Å²) >= 11 is 6.55. The highest BCUT2D eigenvalue weighted by molar-refractivity contribution is 6.20. The molecule has 0 aliphatic rings. The van der Waals surface area contributed by atoms with Crippen molar-refractivity contribution in [3.63, 3.8) is 0 Å². The fraction of sp³-hybridized carbons (Fsp3) is 0.700. The zero-order valence-corrected chi connectivity index (χ0v) is 15.2. The first-order chi connectivity index (χ1) is 10.0. The van der Waals surface area contributed by atoms with Crippen LogP contribution >= 0.6 is 11.6 Å². The molecule has 1 aromatic rings. The smallest absolute Gasteiger partial charge is 0.0585 e. The average molecular weight is 309 g/mol. The van der Waals surface area contributed by atoms with Gasteiger partial charge in [-0.25, -0.2) is 0 Å². The summed E-state index contributed by atoms with van der Waals surface area (Å²) in [5, 5.41) is 0.176. The normalized spacial score (nSPS) is 13.4. The van der Waals surface area contributed by atoms with E-state index in [0.29, 0.717) is 0 Å². The number of alkyl halides is 1. The van der Waals surface area contributed by atoms with E-state index in [-0.39, 0.29) is 10.8 Å². The van der Waals surface area contributed by atoms with Crippen LogP contribution in [-0.4, -0.2) is 0 Å². The second kappa shape index (κ2) is 9.51. The number of unbranched alkanes of at least 4 members (excludes halogenated alkanes) is 5. The van der Waals surface area contributed by atoms with Gasteiger partial charge < -0.3 is 0 Å². The van der Waals surface area contributed by atoms with Gasteiger partial charge in [-0.15, -0.1) is 11.6 Å². The molecule has 0 aliphatic carbocycles. The standard InChI is InChI=1S/C20H33Cl/c1-5-7-8-9-10-11-12-19(21)17-13-15-18(16-14-17)20(3,4)6-2/h13-16,19H,5-12H2,1-4H3. The van der Waals surface area contributed by atoms with E-state index < -0.39 is 0 Å². The molecule has 0 aromatic heterocycles. The van der Waals surface area contributed by atoms with Crippen LogP contribution in [0.4, 0.5) is 0 Å². The third-order valence-corrected chi connectivity index (χ3v) is 5.22. The summed E-state index contributed by atoms with van der Waals surface area (Å²) in [4.78, 5) is 0. The van der Waals surface area contributed by atoms with Crippen molar-refractivity contribution in [3.05, 3.63) is 35.4 Å². The van der Waals surface area contributed by atoms with E-state index in [1.165, 1.54) is 49.7 Å². The van der Waals surface area contributed by atoms with Gasteiger partial charge in [-0.2, -0.15) is 0 Å². The minimum absolute atomic E-state index is 0.176. The molecule has 1 unspecified atom stereocenters. The molecule has 1 aromatic carbocycles. The Hall–Kier alpha value is -0.490. The SMILES string of the molecule is CCCCCCCCC(Cl)c1ccc(C(C)(C)CC)cc1. The van der Waals surface area contributed by atoms with Gasteiger partial charge in [0.05, 0.1) is 5.38 Å². The summed E-state index contributed by atoms with van der Waals surface area (Å²) in [6.07, 6.45) is 10.3. The lowest BCUT2D eigenvalue weighted by molar-refractivity contribution is 0.506. The second-order valence-electron chi connectivity index (χ2n) is 6.88. The van der Waals surface area contributed by atoms with Crippen molar-refractivity contribution in [1.82, 2.24) is 0 Å². The van der Waals surface area contributed by atoms with Crippen molar-refractivity contribution in [3.8, 4) is 0 Å². The maximum absolute atomic E-state index is 6.55. The quantitative estimate of drug-likeness (QED) is 0.312. The van der Waals surface area contributed by atoms with E-state index in [4.69, 9.17) is 11.6 Å². The van der Waals surface area contributed by atoms with Crippen LogP contribution in [0.25, 0.3) is 0 Å². The summed E-state index contributed by atoms with van der Waals surface area (Å²) in [7, 11) is 0. The summed E-state index contributed by atoms with van der Waals surface area (Å²) in [6, 6.07) is 8.97. The van der Waals surface area contributed by atoms with Crippen LogP contribution in [0.3, 0.4) is 0 Å². The number of hydrogen-bond donors (Lipinski definition) is 0. The molecule has 0 N–H and O–H groups in total. The van der Waals surface area contributed by atoms with Crippen molar-refractivity contribution in [1.29, 1.82) is 0 Å². The molecule has 0 saturated heterocycles. The van der Waals surface area contributed by atoms with Crippen molar-refractivity contribution < 1.29 is 0 Å². The fourth-order valence-corrected chi connectivity index (χ4v) is 2.92. The Morgan fingerprint density at radius 3 is 2.05 bits per heavy atom. The number of benzene rings is 1. The third kappa shape index (κ3) is 6.43. The minimum atomic E-state index is 0.176. The van der Waals surface area contributed by atoms with Crippen LogP contribution in [0.1, 0.15) is 95.6 Å². The van der Waals surface area contributed by atoms with Gasteiger partial charge in [0.15, 0.2) is 0 Å². The topological polar surface area (TPSA) is 0 Å². The highest BCUT2D eigenvalue weighted by Crippen LogP contribution is 2.31. The first-order valence-corrected chi connectivity index (χ1v) is 9.19. The van der Waals surface area contributed by atoms with E-state index in [2.05, 4.69) is 52.0 Å².